The molecule has 3 aromatic rings. The molecule has 1 atom stereocenters. The molecule has 40 heavy (non-hydrogen) atoms. The van der Waals surface area contributed by atoms with E-state index in [0.717, 1.165) is 9.87 Å². The molecule has 0 aliphatic rings. The minimum absolute atomic E-state index is 0.0000470. The molecule has 2 amide bonds. The molecule has 0 fully saturated rings. The second-order valence-electron chi connectivity index (χ2n) is 9.89. The highest BCUT2D eigenvalue weighted by molar-refractivity contribution is 7.92. The SMILES string of the molecule is Cc1ccc(S(=O)(=O)N(CC(=O)N(Cc2ccc(Cl)c(Cl)c2)C(C)C(=O)NCC(C)C)c2cccc(Cl)c2)cc1. The van der Waals surface area contributed by atoms with E-state index in [9.17, 15) is 18.0 Å². The van der Waals surface area contributed by atoms with E-state index >= 15 is 0 Å². The van der Waals surface area contributed by atoms with E-state index in [-0.39, 0.29) is 29.0 Å². The van der Waals surface area contributed by atoms with Crippen LogP contribution in [0.15, 0.2) is 71.6 Å². The summed E-state index contributed by atoms with van der Waals surface area (Å²) in [4.78, 5) is 28.3. The molecular weight excluding hydrogens is 593 g/mol. The first-order chi connectivity index (χ1) is 18.8. The first-order valence-corrected chi connectivity index (χ1v) is 15.2. The van der Waals surface area contributed by atoms with Crippen LogP contribution in [0.25, 0.3) is 0 Å². The van der Waals surface area contributed by atoms with Crippen molar-refractivity contribution >= 4 is 62.3 Å². The van der Waals surface area contributed by atoms with E-state index in [4.69, 9.17) is 34.8 Å². The monoisotopic (exact) mass is 623 g/mol. The molecule has 0 bridgehead atoms. The van der Waals surface area contributed by atoms with Crippen molar-refractivity contribution in [2.45, 2.75) is 45.2 Å². The summed E-state index contributed by atoms with van der Waals surface area (Å²) in [6.45, 7) is 7.23. The minimum Gasteiger partial charge on any atom is -0.354 e. The maximum atomic E-state index is 13.9. The summed E-state index contributed by atoms with van der Waals surface area (Å²) in [6.07, 6.45) is 0. The van der Waals surface area contributed by atoms with E-state index in [1.54, 1.807) is 55.5 Å². The lowest BCUT2D eigenvalue weighted by molar-refractivity contribution is -0.139. The number of hydrogen-bond donors (Lipinski definition) is 1. The number of nitrogens with one attached hydrogen (secondary N) is 1. The van der Waals surface area contributed by atoms with Gasteiger partial charge in [0, 0.05) is 18.1 Å². The van der Waals surface area contributed by atoms with Crippen LogP contribution < -0.4 is 9.62 Å². The normalized spacial score (nSPS) is 12.2. The van der Waals surface area contributed by atoms with Crippen molar-refractivity contribution < 1.29 is 18.0 Å². The smallest absolute Gasteiger partial charge is 0.264 e. The fraction of sp³-hybridized carbons (Fsp3) is 0.310. The molecule has 1 N–H and O–H groups in total. The van der Waals surface area contributed by atoms with Crippen LogP contribution in [0.4, 0.5) is 5.69 Å². The highest BCUT2D eigenvalue weighted by Crippen LogP contribution is 2.28. The number of amides is 2. The van der Waals surface area contributed by atoms with Crippen LogP contribution >= 0.6 is 34.8 Å². The Hall–Kier alpha value is -2.78. The highest BCUT2D eigenvalue weighted by atomic mass is 35.5. The standard InChI is InChI=1S/C29H32Cl3N3O4S/c1-19(2)16-33-29(37)21(4)34(17-22-10-13-26(31)27(32)14-22)28(36)18-35(24-7-5-6-23(30)15-24)40(38,39)25-11-8-20(3)9-12-25/h5-15,19,21H,16-18H2,1-4H3,(H,33,37). The Kier molecular flexibility index (Phi) is 10.9. The third-order valence-corrected chi connectivity index (χ3v) is 8.94. The first kappa shape index (κ1) is 31.7. The van der Waals surface area contributed by atoms with Gasteiger partial charge in [0.1, 0.15) is 12.6 Å². The van der Waals surface area contributed by atoms with Crippen molar-refractivity contribution in [1.82, 2.24) is 10.2 Å². The maximum Gasteiger partial charge on any atom is 0.264 e. The lowest BCUT2D eigenvalue weighted by atomic mass is 10.1. The summed E-state index contributed by atoms with van der Waals surface area (Å²) in [5.41, 5.74) is 1.73. The van der Waals surface area contributed by atoms with E-state index in [2.05, 4.69) is 5.32 Å². The topological polar surface area (TPSA) is 86.8 Å². The average Bonchev–Trinajstić information content (AvgIpc) is 2.90. The minimum atomic E-state index is -4.18. The molecule has 214 valence electrons. The van der Waals surface area contributed by atoms with Gasteiger partial charge in [-0.1, -0.05) is 78.5 Å². The van der Waals surface area contributed by atoms with Crippen LogP contribution in [-0.2, 0) is 26.2 Å². The molecule has 3 aromatic carbocycles. The van der Waals surface area contributed by atoms with E-state index < -0.39 is 28.5 Å². The number of sulfonamides is 1. The van der Waals surface area contributed by atoms with Crippen molar-refractivity contribution in [2.75, 3.05) is 17.4 Å². The van der Waals surface area contributed by atoms with Gasteiger partial charge in [-0.3, -0.25) is 13.9 Å². The number of aryl methyl sites for hydroxylation is 1. The molecule has 0 heterocycles. The lowest BCUT2D eigenvalue weighted by Gasteiger charge is -2.32. The van der Waals surface area contributed by atoms with Crippen LogP contribution in [0.3, 0.4) is 0 Å². The number of carbonyl (C=O) groups is 2. The number of nitrogens with zero attached hydrogens (tertiary/aromatic N) is 2. The molecule has 11 heteroatoms. The van der Waals surface area contributed by atoms with Gasteiger partial charge in [-0.2, -0.15) is 0 Å². The van der Waals surface area contributed by atoms with Crippen molar-refractivity contribution in [3.8, 4) is 0 Å². The number of carbonyl (C=O) groups excluding carboxylic acids is 2. The third-order valence-electron chi connectivity index (χ3n) is 6.17. The van der Waals surface area contributed by atoms with Gasteiger partial charge in [0.05, 0.1) is 20.6 Å². The van der Waals surface area contributed by atoms with Crippen LogP contribution in [-0.4, -0.2) is 44.3 Å². The van der Waals surface area contributed by atoms with Gasteiger partial charge < -0.3 is 10.2 Å². The van der Waals surface area contributed by atoms with Crippen molar-refractivity contribution in [3.63, 3.8) is 0 Å². The first-order valence-electron chi connectivity index (χ1n) is 12.7. The Labute approximate surface area is 251 Å². The summed E-state index contributed by atoms with van der Waals surface area (Å²) in [5.74, 6) is -0.750. The quantitative estimate of drug-likeness (QED) is 0.270. The lowest BCUT2D eigenvalue weighted by Crippen LogP contribution is -2.51. The van der Waals surface area contributed by atoms with Crippen molar-refractivity contribution in [2.24, 2.45) is 5.92 Å². The van der Waals surface area contributed by atoms with Crippen molar-refractivity contribution in [1.29, 1.82) is 0 Å². The van der Waals surface area contributed by atoms with Gasteiger partial charge in [0.2, 0.25) is 11.8 Å². The van der Waals surface area contributed by atoms with E-state index in [1.807, 2.05) is 20.8 Å². The fourth-order valence-electron chi connectivity index (χ4n) is 3.87. The maximum absolute atomic E-state index is 13.9. The molecule has 3 rings (SSSR count). The molecule has 0 saturated heterocycles. The van der Waals surface area contributed by atoms with Crippen LogP contribution in [0.2, 0.25) is 15.1 Å². The number of rotatable bonds is 11. The Morgan fingerprint density at radius 3 is 2.17 bits per heavy atom. The Morgan fingerprint density at radius 1 is 0.900 bits per heavy atom. The molecule has 0 saturated carbocycles. The van der Waals surface area contributed by atoms with Crippen molar-refractivity contribution in [3.05, 3.63) is 92.9 Å². The molecule has 0 aliphatic heterocycles. The number of anilines is 1. The summed E-state index contributed by atoms with van der Waals surface area (Å²) < 4.78 is 28.7. The second kappa shape index (κ2) is 13.7. The molecule has 0 radical (unpaired) electrons. The Morgan fingerprint density at radius 2 is 1.57 bits per heavy atom. The van der Waals surface area contributed by atoms with E-state index in [1.165, 1.54) is 23.1 Å². The molecule has 0 aromatic heterocycles. The zero-order valence-electron chi connectivity index (χ0n) is 22.7. The largest absolute Gasteiger partial charge is 0.354 e. The second-order valence-corrected chi connectivity index (χ2v) is 13.0. The summed E-state index contributed by atoms with van der Waals surface area (Å²) in [7, 11) is -4.18. The summed E-state index contributed by atoms with van der Waals surface area (Å²) in [6, 6.07) is 16.6. The third kappa shape index (κ3) is 8.13. The molecular formula is C29H32Cl3N3O4S. The zero-order valence-corrected chi connectivity index (χ0v) is 25.8. The van der Waals surface area contributed by atoms with Gasteiger partial charge in [-0.15, -0.1) is 0 Å². The van der Waals surface area contributed by atoms with Gasteiger partial charge in [-0.05, 0) is 67.8 Å². The van der Waals surface area contributed by atoms with Gasteiger partial charge in [0.25, 0.3) is 10.0 Å². The Bertz CT molecular complexity index is 1460. The molecule has 7 nitrogen and oxygen atoms in total. The Balaban J connectivity index is 2.03. The molecule has 0 aliphatic carbocycles. The fourth-order valence-corrected chi connectivity index (χ4v) is 5.78. The number of benzene rings is 3. The number of halogens is 3. The van der Waals surface area contributed by atoms with Gasteiger partial charge in [-0.25, -0.2) is 8.42 Å². The summed E-state index contributed by atoms with van der Waals surface area (Å²) >= 11 is 18.5. The predicted molar refractivity (Wildman–Crippen MR) is 161 cm³/mol. The zero-order chi connectivity index (χ0) is 29.6. The molecule has 0 spiro atoms. The van der Waals surface area contributed by atoms with Crippen LogP contribution in [0.5, 0.6) is 0 Å². The van der Waals surface area contributed by atoms with Crippen LogP contribution in [0.1, 0.15) is 31.9 Å². The average molecular weight is 625 g/mol. The van der Waals surface area contributed by atoms with Gasteiger partial charge in [0.15, 0.2) is 0 Å². The highest BCUT2D eigenvalue weighted by Gasteiger charge is 2.32. The molecule has 1 unspecified atom stereocenters. The summed E-state index contributed by atoms with van der Waals surface area (Å²) in [5, 5.41) is 3.80. The van der Waals surface area contributed by atoms with Gasteiger partial charge >= 0.3 is 0 Å². The predicted octanol–water partition coefficient (Wildman–Crippen LogP) is 6.34. The number of hydrogen-bond acceptors (Lipinski definition) is 4. The van der Waals surface area contributed by atoms with E-state index in [0.29, 0.717) is 27.2 Å². The van der Waals surface area contributed by atoms with Crippen LogP contribution in [0, 0.1) is 12.8 Å².